The molecule has 1 fully saturated rings. The number of hydrogen-bond donors (Lipinski definition) is 2. The second kappa shape index (κ2) is 9.71. The smallest absolute Gasteiger partial charge is 0.193 e. The molecule has 2 N–H and O–H groups in total. The maximum Gasteiger partial charge on any atom is 0.193 e. The van der Waals surface area contributed by atoms with Crippen LogP contribution in [0.5, 0.6) is 0 Å². The van der Waals surface area contributed by atoms with Crippen molar-refractivity contribution in [2.75, 3.05) is 33.9 Å². The minimum Gasteiger partial charge on any atom is -0.384 e. The summed E-state index contributed by atoms with van der Waals surface area (Å²) in [5, 5.41) is 10.2. The molecule has 1 aromatic heterocycles. The van der Waals surface area contributed by atoms with E-state index >= 15 is 0 Å². The highest BCUT2D eigenvalue weighted by Crippen LogP contribution is 2.17. The van der Waals surface area contributed by atoms with E-state index in [0.717, 1.165) is 50.0 Å². The van der Waals surface area contributed by atoms with Crippen LogP contribution in [0.15, 0.2) is 35.6 Å². The fraction of sp³-hybridized carbons (Fsp3) is 0.471. The Labute approximate surface area is 165 Å². The van der Waals surface area contributed by atoms with Crippen molar-refractivity contribution in [2.45, 2.75) is 13.0 Å². The van der Waals surface area contributed by atoms with Crippen LogP contribution >= 0.6 is 24.0 Å². The summed E-state index contributed by atoms with van der Waals surface area (Å²) in [5.74, 6) is 2.31. The first kappa shape index (κ1) is 19.6. The predicted octanol–water partition coefficient (Wildman–Crippen LogP) is 2.13. The third kappa shape index (κ3) is 5.15. The number of nitrogens with one attached hydrogen (secondary N) is 2. The monoisotopic (exact) mass is 456 g/mol. The number of guanidine groups is 1. The Morgan fingerprint density at radius 2 is 2.36 bits per heavy atom. The van der Waals surface area contributed by atoms with Crippen molar-refractivity contribution >= 4 is 29.9 Å². The van der Waals surface area contributed by atoms with Gasteiger partial charge in [-0.2, -0.15) is 5.10 Å². The number of ether oxygens (including phenoxy) is 1. The number of aliphatic imine (C=N–C) groups is 1. The van der Waals surface area contributed by atoms with E-state index in [0.29, 0.717) is 5.92 Å². The standard InChI is InChI=1S/C17H24N6O.HI/c1-18-17(23-7-6-14(10-23)11-24-2)19-9-13-4-3-5-15(8-13)16-20-12-21-22-16;/h3-5,8,12,14H,6-7,9-11H2,1-2H3,(H,18,19)(H,20,21,22);1H. The van der Waals surface area contributed by atoms with Gasteiger partial charge in [-0.05, 0) is 18.1 Å². The lowest BCUT2D eigenvalue weighted by Crippen LogP contribution is -2.39. The first-order valence-electron chi connectivity index (χ1n) is 8.19. The van der Waals surface area contributed by atoms with Gasteiger partial charge in [0.25, 0.3) is 0 Å². The quantitative estimate of drug-likeness (QED) is 0.410. The maximum atomic E-state index is 5.26. The Balaban J connectivity index is 0.00000225. The molecule has 1 aromatic carbocycles. The number of benzene rings is 1. The highest BCUT2D eigenvalue weighted by molar-refractivity contribution is 14.0. The van der Waals surface area contributed by atoms with Gasteiger partial charge in [0.1, 0.15) is 6.33 Å². The van der Waals surface area contributed by atoms with Crippen LogP contribution < -0.4 is 5.32 Å². The second-order valence-corrected chi connectivity index (χ2v) is 5.99. The minimum atomic E-state index is 0. The van der Waals surface area contributed by atoms with Crippen LogP contribution in [0.2, 0.25) is 0 Å². The molecule has 1 aliphatic heterocycles. The Hall–Kier alpha value is -1.68. The molecular formula is C17H25IN6O. The molecule has 2 heterocycles. The predicted molar refractivity (Wildman–Crippen MR) is 109 cm³/mol. The van der Waals surface area contributed by atoms with E-state index in [1.165, 1.54) is 11.9 Å². The third-order valence-electron chi connectivity index (χ3n) is 4.27. The number of hydrogen-bond acceptors (Lipinski definition) is 4. The number of nitrogens with zero attached hydrogens (tertiary/aromatic N) is 4. The van der Waals surface area contributed by atoms with Gasteiger partial charge in [0.05, 0.1) is 6.61 Å². The zero-order chi connectivity index (χ0) is 16.8. The normalized spacial score (nSPS) is 17.4. The number of H-pyrrole nitrogens is 1. The van der Waals surface area contributed by atoms with Crippen molar-refractivity contribution in [1.29, 1.82) is 0 Å². The van der Waals surface area contributed by atoms with Gasteiger partial charge in [0.15, 0.2) is 11.8 Å². The lowest BCUT2D eigenvalue weighted by Gasteiger charge is -2.21. The fourth-order valence-corrected chi connectivity index (χ4v) is 3.08. The first-order valence-corrected chi connectivity index (χ1v) is 8.19. The largest absolute Gasteiger partial charge is 0.384 e. The van der Waals surface area contributed by atoms with E-state index in [4.69, 9.17) is 4.74 Å². The van der Waals surface area contributed by atoms with Crippen LogP contribution in [0.3, 0.4) is 0 Å². The van der Waals surface area contributed by atoms with Gasteiger partial charge in [0, 0.05) is 45.3 Å². The van der Waals surface area contributed by atoms with Crippen molar-refractivity contribution < 1.29 is 4.74 Å². The van der Waals surface area contributed by atoms with Crippen molar-refractivity contribution in [2.24, 2.45) is 10.9 Å². The van der Waals surface area contributed by atoms with Gasteiger partial charge in [0.2, 0.25) is 0 Å². The topological polar surface area (TPSA) is 78.4 Å². The van der Waals surface area contributed by atoms with Crippen molar-refractivity contribution in [3.63, 3.8) is 0 Å². The zero-order valence-corrected chi connectivity index (χ0v) is 16.9. The highest BCUT2D eigenvalue weighted by Gasteiger charge is 2.24. The maximum absolute atomic E-state index is 5.26. The molecule has 1 saturated heterocycles. The Bertz CT molecular complexity index is 676. The molecule has 136 valence electrons. The van der Waals surface area contributed by atoms with Gasteiger partial charge in [-0.25, -0.2) is 4.98 Å². The molecule has 0 aliphatic carbocycles. The molecule has 0 radical (unpaired) electrons. The molecule has 7 nitrogen and oxygen atoms in total. The summed E-state index contributed by atoms with van der Waals surface area (Å²) >= 11 is 0. The molecule has 8 heteroatoms. The molecule has 1 unspecified atom stereocenters. The van der Waals surface area contributed by atoms with Crippen LogP contribution in [0.1, 0.15) is 12.0 Å². The molecule has 0 amide bonds. The lowest BCUT2D eigenvalue weighted by atomic mass is 10.1. The summed E-state index contributed by atoms with van der Waals surface area (Å²) in [6, 6.07) is 8.26. The van der Waals surface area contributed by atoms with E-state index in [9.17, 15) is 0 Å². The van der Waals surface area contributed by atoms with Crippen molar-refractivity contribution in [3.05, 3.63) is 36.2 Å². The third-order valence-corrected chi connectivity index (χ3v) is 4.27. The van der Waals surface area contributed by atoms with E-state index < -0.39 is 0 Å². The van der Waals surface area contributed by atoms with Gasteiger partial charge < -0.3 is 15.0 Å². The molecular weight excluding hydrogens is 431 g/mol. The number of aromatic nitrogens is 3. The molecule has 0 bridgehead atoms. The number of rotatable bonds is 5. The van der Waals surface area contributed by atoms with E-state index in [-0.39, 0.29) is 24.0 Å². The van der Waals surface area contributed by atoms with Gasteiger partial charge in [-0.1, -0.05) is 18.2 Å². The summed E-state index contributed by atoms with van der Waals surface area (Å²) < 4.78 is 5.26. The average molecular weight is 456 g/mol. The summed E-state index contributed by atoms with van der Waals surface area (Å²) in [4.78, 5) is 10.9. The Morgan fingerprint density at radius 3 is 3.08 bits per heavy atom. The van der Waals surface area contributed by atoms with Crippen molar-refractivity contribution in [1.82, 2.24) is 25.4 Å². The molecule has 3 rings (SSSR count). The Morgan fingerprint density at radius 1 is 1.48 bits per heavy atom. The average Bonchev–Trinajstić information content (AvgIpc) is 3.28. The molecule has 25 heavy (non-hydrogen) atoms. The summed E-state index contributed by atoms with van der Waals surface area (Å²) in [6.45, 7) is 3.55. The SMILES string of the molecule is CN=C(NCc1cccc(-c2ncn[nH]2)c1)N1CCC(COC)C1.I. The van der Waals surface area contributed by atoms with Crippen LogP contribution in [0.4, 0.5) is 0 Å². The number of halogens is 1. The molecule has 0 spiro atoms. The fourth-order valence-electron chi connectivity index (χ4n) is 3.08. The van der Waals surface area contributed by atoms with Crippen LogP contribution in [0, 0.1) is 5.92 Å². The molecule has 0 saturated carbocycles. The number of likely N-dealkylation sites (tertiary alicyclic amines) is 1. The lowest BCUT2D eigenvalue weighted by molar-refractivity contribution is 0.157. The van der Waals surface area contributed by atoms with E-state index in [1.54, 1.807) is 7.11 Å². The molecule has 1 aliphatic rings. The van der Waals surface area contributed by atoms with Crippen LogP contribution in [-0.2, 0) is 11.3 Å². The summed E-state index contributed by atoms with van der Waals surface area (Å²) in [6.07, 6.45) is 2.67. The van der Waals surface area contributed by atoms with Gasteiger partial charge in [-0.15, -0.1) is 24.0 Å². The number of aromatic amines is 1. The number of methoxy groups -OCH3 is 1. The first-order chi connectivity index (χ1) is 11.8. The minimum absolute atomic E-state index is 0. The molecule has 2 aromatic rings. The second-order valence-electron chi connectivity index (χ2n) is 5.99. The van der Waals surface area contributed by atoms with E-state index in [1.807, 2.05) is 19.2 Å². The highest BCUT2D eigenvalue weighted by atomic mass is 127. The van der Waals surface area contributed by atoms with Gasteiger partial charge >= 0.3 is 0 Å². The van der Waals surface area contributed by atoms with Crippen molar-refractivity contribution in [3.8, 4) is 11.4 Å². The Kier molecular flexibility index (Phi) is 7.63. The van der Waals surface area contributed by atoms with Crippen LogP contribution in [0.25, 0.3) is 11.4 Å². The van der Waals surface area contributed by atoms with Crippen LogP contribution in [-0.4, -0.2) is 59.9 Å². The zero-order valence-electron chi connectivity index (χ0n) is 14.6. The van der Waals surface area contributed by atoms with E-state index in [2.05, 4.69) is 42.5 Å². The van der Waals surface area contributed by atoms with Gasteiger partial charge in [-0.3, -0.25) is 10.1 Å². The summed E-state index contributed by atoms with van der Waals surface area (Å²) in [7, 11) is 3.59. The molecule has 1 atom stereocenters. The summed E-state index contributed by atoms with van der Waals surface area (Å²) in [5.41, 5.74) is 2.21.